The molecule has 112 valence electrons. The van der Waals surface area contributed by atoms with Gasteiger partial charge in [-0.1, -0.05) is 18.5 Å². The molecule has 0 radical (unpaired) electrons. The molecular weight excluding hydrogens is 306 g/mol. The molecule has 0 unspecified atom stereocenters. The van der Waals surface area contributed by atoms with E-state index < -0.39 is 0 Å². The summed E-state index contributed by atoms with van der Waals surface area (Å²) in [5, 5.41) is 3.84. The summed E-state index contributed by atoms with van der Waals surface area (Å²) in [5.74, 6) is 0.865. The first-order chi connectivity index (χ1) is 10.2. The highest BCUT2D eigenvalue weighted by Crippen LogP contribution is 2.17. The molecule has 0 N–H and O–H groups in total. The van der Waals surface area contributed by atoms with Crippen molar-refractivity contribution in [3.63, 3.8) is 0 Å². The Labute approximate surface area is 133 Å². The van der Waals surface area contributed by atoms with Crippen LogP contribution in [0.5, 0.6) is 0 Å². The number of aryl methyl sites for hydroxylation is 1. The molecule has 0 atom stereocenters. The van der Waals surface area contributed by atoms with Crippen molar-refractivity contribution in [3.05, 3.63) is 33.6 Å². The summed E-state index contributed by atoms with van der Waals surface area (Å²) >= 11 is 7.65. The second kappa shape index (κ2) is 6.68. The van der Waals surface area contributed by atoms with E-state index >= 15 is 0 Å². The molecule has 2 aromatic rings. The maximum atomic E-state index is 5.90. The molecule has 3 rings (SSSR count). The molecule has 1 aliphatic rings. The van der Waals surface area contributed by atoms with Crippen LogP contribution in [0.25, 0.3) is 0 Å². The van der Waals surface area contributed by atoms with Crippen LogP contribution in [0.1, 0.15) is 17.6 Å². The molecule has 0 bridgehead atoms. The molecule has 0 amide bonds. The first kappa shape index (κ1) is 14.7. The van der Waals surface area contributed by atoms with E-state index in [1.54, 1.807) is 23.7 Å². The number of nitrogens with zero attached hydrogens (tertiary/aromatic N) is 5. The molecule has 21 heavy (non-hydrogen) atoms. The largest absolute Gasteiger partial charge is 0.353 e. The lowest BCUT2D eigenvalue weighted by Crippen LogP contribution is -2.46. The first-order valence-corrected chi connectivity index (χ1v) is 8.38. The summed E-state index contributed by atoms with van der Waals surface area (Å²) in [4.78, 5) is 17.7. The highest BCUT2D eigenvalue weighted by molar-refractivity contribution is 7.09. The van der Waals surface area contributed by atoms with E-state index in [-0.39, 0.29) is 0 Å². The minimum atomic E-state index is 0.449. The van der Waals surface area contributed by atoms with Crippen molar-refractivity contribution in [1.82, 2.24) is 19.9 Å². The molecule has 1 fully saturated rings. The van der Waals surface area contributed by atoms with Crippen LogP contribution in [0.15, 0.2) is 17.8 Å². The number of aromatic nitrogens is 3. The van der Waals surface area contributed by atoms with E-state index in [1.165, 1.54) is 10.7 Å². The van der Waals surface area contributed by atoms with Crippen LogP contribution >= 0.6 is 22.9 Å². The van der Waals surface area contributed by atoms with Gasteiger partial charge >= 0.3 is 0 Å². The minimum Gasteiger partial charge on any atom is -0.353 e. The third-order valence-corrected chi connectivity index (χ3v) is 4.80. The summed E-state index contributed by atoms with van der Waals surface area (Å²) < 4.78 is 0. The number of halogens is 1. The van der Waals surface area contributed by atoms with Gasteiger partial charge in [0.25, 0.3) is 0 Å². The van der Waals surface area contributed by atoms with Gasteiger partial charge in [0.1, 0.15) is 11.0 Å². The molecule has 3 heterocycles. The van der Waals surface area contributed by atoms with Crippen molar-refractivity contribution in [2.75, 3.05) is 31.1 Å². The molecular formula is C14H18ClN5S. The Morgan fingerprint density at radius 2 is 2.00 bits per heavy atom. The smallest absolute Gasteiger partial charge is 0.149 e. The Morgan fingerprint density at radius 3 is 2.67 bits per heavy atom. The van der Waals surface area contributed by atoms with E-state index in [1.807, 2.05) is 0 Å². The summed E-state index contributed by atoms with van der Waals surface area (Å²) in [5.41, 5.74) is 1.19. The van der Waals surface area contributed by atoms with E-state index in [0.717, 1.165) is 45.0 Å². The third-order valence-electron chi connectivity index (χ3n) is 3.58. The first-order valence-electron chi connectivity index (χ1n) is 7.12. The minimum absolute atomic E-state index is 0.449. The van der Waals surface area contributed by atoms with Crippen LogP contribution in [-0.4, -0.2) is 46.0 Å². The van der Waals surface area contributed by atoms with E-state index in [0.29, 0.717) is 5.15 Å². The zero-order valence-electron chi connectivity index (χ0n) is 12.0. The SMILES string of the molecule is CCc1nc(CN2CCN(c3cncc(Cl)n3)CC2)cs1. The van der Waals surface area contributed by atoms with E-state index in [2.05, 4.69) is 37.1 Å². The van der Waals surface area contributed by atoms with Crippen molar-refractivity contribution < 1.29 is 0 Å². The van der Waals surface area contributed by atoms with Gasteiger partial charge in [0.15, 0.2) is 0 Å². The fourth-order valence-electron chi connectivity index (χ4n) is 2.43. The topological polar surface area (TPSA) is 45.2 Å². The fraction of sp³-hybridized carbons (Fsp3) is 0.500. The molecule has 0 aromatic carbocycles. The van der Waals surface area contributed by atoms with Crippen LogP contribution in [0.4, 0.5) is 5.82 Å². The van der Waals surface area contributed by atoms with E-state index in [4.69, 9.17) is 11.6 Å². The fourth-order valence-corrected chi connectivity index (χ4v) is 3.31. The zero-order chi connectivity index (χ0) is 14.7. The number of hydrogen-bond acceptors (Lipinski definition) is 6. The second-order valence-corrected chi connectivity index (χ2v) is 6.38. The lowest BCUT2D eigenvalue weighted by atomic mass is 10.3. The van der Waals surface area contributed by atoms with Crippen LogP contribution in [0.3, 0.4) is 0 Å². The van der Waals surface area contributed by atoms with Gasteiger partial charge < -0.3 is 4.90 Å². The molecule has 0 spiro atoms. The zero-order valence-corrected chi connectivity index (χ0v) is 13.6. The maximum Gasteiger partial charge on any atom is 0.149 e. The van der Waals surface area contributed by atoms with E-state index in [9.17, 15) is 0 Å². The van der Waals surface area contributed by atoms with Gasteiger partial charge in [-0.3, -0.25) is 9.88 Å². The molecule has 5 nitrogen and oxygen atoms in total. The Morgan fingerprint density at radius 1 is 1.19 bits per heavy atom. The van der Waals surface area contributed by atoms with Crippen LogP contribution in [-0.2, 0) is 13.0 Å². The Kier molecular flexibility index (Phi) is 4.67. The second-order valence-electron chi connectivity index (χ2n) is 5.05. The Balaban J connectivity index is 1.55. The predicted molar refractivity (Wildman–Crippen MR) is 86.0 cm³/mol. The van der Waals surface area contributed by atoms with Crippen molar-refractivity contribution in [1.29, 1.82) is 0 Å². The standard InChI is InChI=1S/C14H18ClN5S/c1-2-14-17-11(10-21-14)9-19-3-5-20(6-4-19)13-8-16-7-12(15)18-13/h7-8,10H,2-6,9H2,1H3. The quantitative estimate of drug-likeness (QED) is 0.865. The van der Waals surface area contributed by atoms with Gasteiger partial charge in [0, 0.05) is 38.1 Å². The van der Waals surface area contributed by atoms with Gasteiger partial charge in [-0.2, -0.15) is 0 Å². The summed E-state index contributed by atoms with van der Waals surface area (Å²) in [6.07, 6.45) is 4.36. The normalized spacial score (nSPS) is 16.4. The molecule has 1 aliphatic heterocycles. The van der Waals surface area contributed by atoms with Crippen molar-refractivity contribution in [2.45, 2.75) is 19.9 Å². The van der Waals surface area contributed by atoms with Crippen LogP contribution < -0.4 is 4.90 Å². The lowest BCUT2D eigenvalue weighted by molar-refractivity contribution is 0.247. The average Bonchev–Trinajstić information content (AvgIpc) is 2.96. The predicted octanol–water partition coefficient (Wildman–Crippen LogP) is 2.47. The van der Waals surface area contributed by atoms with Crippen molar-refractivity contribution >= 4 is 28.8 Å². The molecule has 7 heteroatoms. The molecule has 1 saturated heterocycles. The summed E-state index contributed by atoms with van der Waals surface area (Å²) in [6.45, 7) is 6.99. The maximum absolute atomic E-state index is 5.90. The number of piperazine rings is 1. The number of anilines is 1. The van der Waals surface area contributed by atoms with Crippen LogP contribution in [0.2, 0.25) is 5.15 Å². The lowest BCUT2D eigenvalue weighted by Gasteiger charge is -2.34. The van der Waals surface area contributed by atoms with Crippen molar-refractivity contribution in [2.24, 2.45) is 0 Å². The van der Waals surface area contributed by atoms with Gasteiger partial charge in [-0.15, -0.1) is 11.3 Å². The Bertz CT molecular complexity index is 595. The summed E-state index contributed by atoms with van der Waals surface area (Å²) in [6, 6.07) is 0. The average molecular weight is 324 g/mol. The van der Waals surface area contributed by atoms with Gasteiger partial charge in [-0.25, -0.2) is 9.97 Å². The Hall–Kier alpha value is -1.24. The van der Waals surface area contributed by atoms with Crippen LogP contribution in [0, 0.1) is 0 Å². The molecule has 0 saturated carbocycles. The summed E-state index contributed by atoms with van der Waals surface area (Å²) in [7, 11) is 0. The number of hydrogen-bond donors (Lipinski definition) is 0. The monoisotopic (exact) mass is 323 g/mol. The van der Waals surface area contributed by atoms with Crippen molar-refractivity contribution in [3.8, 4) is 0 Å². The number of thiazole rings is 1. The van der Waals surface area contributed by atoms with Gasteiger partial charge in [-0.05, 0) is 6.42 Å². The van der Waals surface area contributed by atoms with Gasteiger partial charge in [0.05, 0.1) is 23.1 Å². The number of rotatable bonds is 4. The molecule has 0 aliphatic carbocycles. The highest BCUT2D eigenvalue weighted by Gasteiger charge is 2.19. The van der Waals surface area contributed by atoms with Gasteiger partial charge in [0.2, 0.25) is 0 Å². The third kappa shape index (κ3) is 3.70. The highest BCUT2D eigenvalue weighted by atomic mass is 35.5. The molecule has 2 aromatic heterocycles.